The molecule has 6 nitrogen and oxygen atoms in total. The van der Waals surface area contributed by atoms with E-state index < -0.39 is 24.3 Å². The van der Waals surface area contributed by atoms with Gasteiger partial charge in [-0.3, -0.25) is 4.79 Å². The van der Waals surface area contributed by atoms with Crippen molar-refractivity contribution in [3.63, 3.8) is 0 Å². The molecule has 2 aromatic carbocycles. The van der Waals surface area contributed by atoms with Crippen LogP contribution in [0.4, 0.5) is 10.1 Å². The number of ether oxygens (including phenoxy) is 3. The molecule has 1 N–H and O–H groups in total. The summed E-state index contributed by atoms with van der Waals surface area (Å²) < 4.78 is 29.0. The second-order valence-electron chi connectivity index (χ2n) is 5.39. The van der Waals surface area contributed by atoms with Crippen molar-refractivity contribution < 1.29 is 28.2 Å². The molecule has 0 unspecified atom stereocenters. The first kappa shape index (κ1) is 19.2. The number of nitrogens with one attached hydrogen (secondary N) is 1. The van der Waals surface area contributed by atoms with Crippen LogP contribution in [0.15, 0.2) is 42.5 Å². The van der Waals surface area contributed by atoms with Crippen LogP contribution in [0.2, 0.25) is 0 Å². The maximum absolute atomic E-state index is 13.6. The van der Waals surface area contributed by atoms with Crippen LogP contribution in [0, 0.1) is 12.7 Å². The van der Waals surface area contributed by atoms with Gasteiger partial charge in [-0.15, -0.1) is 0 Å². The standard InChI is InChI=1S/C19H20FNO5/c1-3-24-14-5-7-15(8-6-14)25-12-19(23)26-11-18(22)21-17-9-4-13(2)10-16(17)20/h4-10H,3,11-12H2,1-2H3,(H,21,22). The van der Waals surface area contributed by atoms with E-state index in [2.05, 4.69) is 5.32 Å². The summed E-state index contributed by atoms with van der Waals surface area (Å²) in [6, 6.07) is 11.2. The van der Waals surface area contributed by atoms with Gasteiger partial charge in [0.05, 0.1) is 12.3 Å². The predicted octanol–water partition coefficient (Wildman–Crippen LogP) is 3.09. The molecule has 0 radical (unpaired) electrons. The van der Waals surface area contributed by atoms with E-state index in [0.717, 1.165) is 5.56 Å². The molecule has 0 saturated carbocycles. The number of carbonyl (C=O) groups excluding carboxylic acids is 2. The van der Waals surface area contributed by atoms with Gasteiger partial charge in [0.25, 0.3) is 5.91 Å². The third kappa shape index (κ3) is 6.08. The van der Waals surface area contributed by atoms with E-state index in [-0.39, 0.29) is 12.3 Å². The Kier molecular flexibility index (Phi) is 6.96. The smallest absolute Gasteiger partial charge is 0.344 e. The van der Waals surface area contributed by atoms with Gasteiger partial charge < -0.3 is 19.5 Å². The minimum atomic E-state index is -0.710. The highest BCUT2D eigenvalue weighted by Gasteiger charge is 2.11. The van der Waals surface area contributed by atoms with E-state index >= 15 is 0 Å². The fourth-order valence-corrected chi connectivity index (χ4v) is 2.04. The molecule has 2 rings (SSSR count). The van der Waals surface area contributed by atoms with Gasteiger partial charge in [0.15, 0.2) is 13.2 Å². The molecule has 2 aromatic rings. The number of hydrogen-bond donors (Lipinski definition) is 1. The lowest BCUT2D eigenvalue weighted by Gasteiger charge is -2.09. The molecule has 0 aromatic heterocycles. The molecule has 138 valence electrons. The molecule has 0 spiro atoms. The fraction of sp³-hybridized carbons (Fsp3) is 0.263. The van der Waals surface area contributed by atoms with Gasteiger partial charge in [-0.05, 0) is 55.8 Å². The number of rotatable bonds is 8. The highest BCUT2D eigenvalue weighted by atomic mass is 19.1. The summed E-state index contributed by atoms with van der Waals surface area (Å²) in [7, 11) is 0. The van der Waals surface area contributed by atoms with Crippen LogP contribution in [0.1, 0.15) is 12.5 Å². The zero-order valence-electron chi connectivity index (χ0n) is 14.6. The molecular weight excluding hydrogens is 341 g/mol. The molecule has 0 atom stereocenters. The van der Waals surface area contributed by atoms with Gasteiger partial charge in [-0.25, -0.2) is 9.18 Å². The van der Waals surface area contributed by atoms with E-state index in [1.165, 1.54) is 12.1 Å². The molecule has 0 heterocycles. The minimum absolute atomic E-state index is 0.0299. The zero-order valence-corrected chi connectivity index (χ0v) is 14.6. The number of amides is 1. The third-order valence-electron chi connectivity index (χ3n) is 3.25. The van der Waals surface area contributed by atoms with E-state index in [1.807, 2.05) is 6.92 Å². The topological polar surface area (TPSA) is 73.9 Å². The van der Waals surface area contributed by atoms with Crippen LogP contribution < -0.4 is 14.8 Å². The fourth-order valence-electron chi connectivity index (χ4n) is 2.04. The Hall–Kier alpha value is -3.09. The lowest BCUT2D eigenvalue weighted by molar-refractivity contribution is -0.149. The van der Waals surface area contributed by atoms with Gasteiger partial charge in [0, 0.05) is 0 Å². The van der Waals surface area contributed by atoms with E-state index in [9.17, 15) is 14.0 Å². The lowest BCUT2D eigenvalue weighted by Crippen LogP contribution is -2.24. The molecule has 0 aliphatic carbocycles. The van der Waals surface area contributed by atoms with Crippen molar-refractivity contribution in [2.24, 2.45) is 0 Å². The maximum Gasteiger partial charge on any atom is 0.344 e. The largest absolute Gasteiger partial charge is 0.494 e. The van der Waals surface area contributed by atoms with Crippen LogP contribution in [0.3, 0.4) is 0 Å². The Morgan fingerprint density at radius 1 is 1.00 bits per heavy atom. The second-order valence-corrected chi connectivity index (χ2v) is 5.39. The molecular formula is C19H20FNO5. The van der Waals surface area contributed by atoms with Gasteiger partial charge in [-0.1, -0.05) is 6.07 Å². The zero-order chi connectivity index (χ0) is 18.9. The highest BCUT2D eigenvalue weighted by Crippen LogP contribution is 2.17. The Labute approximate surface area is 150 Å². The van der Waals surface area contributed by atoms with E-state index in [4.69, 9.17) is 14.2 Å². The van der Waals surface area contributed by atoms with Crippen molar-refractivity contribution in [3.8, 4) is 11.5 Å². The number of esters is 1. The molecule has 0 saturated heterocycles. The number of hydrogen-bond acceptors (Lipinski definition) is 5. The van der Waals surface area contributed by atoms with Crippen molar-refractivity contribution in [1.82, 2.24) is 0 Å². The van der Waals surface area contributed by atoms with Gasteiger partial charge in [-0.2, -0.15) is 0 Å². The van der Waals surface area contributed by atoms with Crippen LogP contribution in [0.5, 0.6) is 11.5 Å². The summed E-state index contributed by atoms with van der Waals surface area (Å²) in [6.45, 7) is 3.30. The average Bonchev–Trinajstić information content (AvgIpc) is 2.62. The van der Waals surface area contributed by atoms with Crippen molar-refractivity contribution in [3.05, 3.63) is 53.8 Å². The number of aryl methyl sites for hydroxylation is 1. The summed E-state index contributed by atoms with van der Waals surface area (Å²) in [4.78, 5) is 23.3. The predicted molar refractivity (Wildman–Crippen MR) is 93.8 cm³/mol. The Bertz CT molecular complexity index is 761. The van der Waals surface area contributed by atoms with Gasteiger partial charge in [0.1, 0.15) is 17.3 Å². The second kappa shape index (κ2) is 9.41. The van der Waals surface area contributed by atoms with Crippen molar-refractivity contribution in [2.75, 3.05) is 25.1 Å². The number of carbonyl (C=O) groups is 2. The van der Waals surface area contributed by atoms with Crippen molar-refractivity contribution in [1.29, 1.82) is 0 Å². The van der Waals surface area contributed by atoms with Gasteiger partial charge >= 0.3 is 5.97 Å². The summed E-state index contributed by atoms with van der Waals surface area (Å²) in [5.74, 6) is -0.733. The van der Waals surface area contributed by atoms with E-state index in [0.29, 0.717) is 18.1 Å². The van der Waals surface area contributed by atoms with Crippen molar-refractivity contribution in [2.45, 2.75) is 13.8 Å². The average molecular weight is 361 g/mol. The molecule has 0 bridgehead atoms. The first-order valence-corrected chi connectivity index (χ1v) is 8.05. The third-order valence-corrected chi connectivity index (χ3v) is 3.25. The van der Waals surface area contributed by atoms with E-state index in [1.54, 1.807) is 37.3 Å². The van der Waals surface area contributed by atoms with Crippen LogP contribution in [-0.4, -0.2) is 31.7 Å². The number of benzene rings is 2. The Morgan fingerprint density at radius 3 is 2.27 bits per heavy atom. The SMILES string of the molecule is CCOc1ccc(OCC(=O)OCC(=O)Nc2ccc(C)cc2F)cc1. The normalized spacial score (nSPS) is 10.1. The number of anilines is 1. The monoisotopic (exact) mass is 361 g/mol. The molecule has 7 heteroatoms. The first-order chi connectivity index (χ1) is 12.5. The minimum Gasteiger partial charge on any atom is -0.494 e. The maximum atomic E-state index is 13.6. The van der Waals surface area contributed by atoms with Crippen LogP contribution in [0.25, 0.3) is 0 Å². The van der Waals surface area contributed by atoms with Crippen LogP contribution in [-0.2, 0) is 14.3 Å². The molecule has 26 heavy (non-hydrogen) atoms. The van der Waals surface area contributed by atoms with Crippen molar-refractivity contribution >= 4 is 17.6 Å². The molecule has 0 aliphatic rings. The Balaban J connectivity index is 1.73. The summed E-state index contributed by atoms with van der Waals surface area (Å²) in [5, 5.41) is 2.34. The molecule has 1 amide bonds. The Morgan fingerprint density at radius 2 is 1.65 bits per heavy atom. The lowest BCUT2D eigenvalue weighted by atomic mass is 10.2. The number of halogens is 1. The first-order valence-electron chi connectivity index (χ1n) is 8.05. The summed E-state index contributed by atoms with van der Waals surface area (Å²) in [6.07, 6.45) is 0. The quantitative estimate of drug-likeness (QED) is 0.732. The van der Waals surface area contributed by atoms with Gasteiger partial charge in [0.2, 0.25) is 0 Å². The molecule has 0 fully saturated rings. The molecule has 0 aliphatic heterocycles. The van der Waals surface area contributed by atoms with Crippen LogP contribution >= 0.6 is 0 Å². The summed E-state index contributed by atoms with van der Waals surface area (Å²) >= 11 is 0. The highest BCUT2D eigenvalue weighted by molar-refractivity contribution is 5.93. The summed E-state index contributed by atoms with van der Waals surface area (Å²) in [5.41, 5.74) is 0.764.